The van der Waals surface area contributed by atoms with E-state index in [4.69, 9.17) is 9.47 Å². The van der Waals surface area contributed by atoms with Crippen LogP contribution >= 0.6 is 0 Å². The molecular formula is C20H32N2O4. The third kappa shape index (κ3) is 4.68. The van der Waals surface area contributed by atoms with E-state index in [0.29, 0.717) is 43.5 Å². The van der Waals surface area contributed by atoms with Crippen molar-refractivity contribution in [1.82, 2.24) is 9.80 Å². The number of methoxy groups -OCH3 is 2. The van der Waals surface area contributed by atoms with E-state index >= 15 is 0 Å². The molecular weight excluding hydrogens is 332 g/mol. The van der Waals surface area contributed by atoms with Gasteiger partial charge in [-0.3, -0.25) is 4.79 Å². The molecule has 1 atom stereocenters. The topological polar surface area (TPSA) is 62.2 Å². The van der Waals surface area contributed by atoms with Crippen LogP contribution < -0.4 is 9.47 Å². The van der Waals surface area contributed by atoms with E-state index in [2.05, 4.69) is 13.8 Å². The van der Waals surface area contributed by atoms with Crippen molar-refractivity contribution < 1.29 is 19.4 Å². The Kier molecular flexibility index (Phi) is 6.89. The highest BCUT2D eigenvalue weighted by atomic mass is 16.5. The van der Waals surface area contributed by atoms with E-state index in [1.807, 2.05) is 30.1 Å². The first-order valence-corrected chi connectivity index (χ1v) is 9.21. The minimum absolute atomic E-state index is 0.204. The van der Waals surface area contributed by atoms with E-state index in [-0.39, 0.29) is 5.91 Å². The van der Waals surface area contributed by atoms with Gasteiger partial charge < -0.3 is 24.4 Å². The van der Waals surface area contributed by atoms with Crippen LogP contribution in [0.4, 0.5) is 0 Å². The zero-order valence-electron chi connectivity index (χ0n) is 16.6. The number of piperidine rings is 1. The number of para-hydroxylation sites is 1. The summed E-state index contributed by atoms with van der Waals surface area (Å²) in [5, 5.41) is 11.0. The summed E-state index contributed by atoms with van der Waals surface area (Å²) >= 11 is 0. The summed E-state index contributed by atoms with van der Waals surface area (Å²) in [5.41, 5.74) is -0.450. The van der Waals surface area contributed by atoms with Crippen molar-refractivity contribution in [3.05, 3.63) is 23.8 Å². The summed E-state index contributed by atoms with van der Waals surface area (Å²) in [6.07, 6.45) is 1.28. The average molecular weight is 364 g/mol. The monoisotopic (exact) mass is 364 g/mol. The molecule has 1 N–H and O–H groups in total. The molecule has 1 aromatic rings. The van der Waals surface area contributed by atoms with Gasteiger partial charge in [0.1, 0.15) is 0 Å². The Morgan fingerprint density at radius 1 is 1.31 bits per heavy atom. The fourth-order valence-electron chi connectivity index (χ4n) is 3.78. The highest BCUT2D eigenvalue weighted by Crippen LogP contribution is 2.33. The second kappa shape index (κ2) is 8.73. The summed E-state index contributed by atoms with van der Waals surface area (Å²) < 4.78 is 10.8. The highest BCUT2D eigenvalue weighted by molar-refractivity contribution is 5.86. The molecule has 0 bridgehead atoms. The molecule has 0 aromatic heterocycles. The number of amides is 1. The molecule has 0 radical (unpaired) electrons. The van der Waals surface area contributed by atoms with Crippen molar-refractivity contribution in [3.63, 3.8) is 0 Å². The van der Waals surface area contributed by atoms with Gasteiger partial charge in [0.05, 0.1) is 14.2 Å². The van der Waals surface area contributed by atoms with Crippen molar-refractivity contribution in [2.75, 3.05) is 40.9 Å². The first-order chi connectivity index (χ1) is 12.3. The third-order valence-corrected chi connectivity index (χ3v) is 4.76. The van der Waals surface area contributed by atoms with Gasteiger partial charge in [0.15, 0.2) is 17.1 Å². The molecule has 1 aliphatic heterocycles. The quantitative estimate of drug-likeness (QED) is 0.766. The normalized spacial score (nSPS) is 20.8. The van der Waals surface area contributed by atoms with Crippen molar-refractivity contribution in [3.8, 4) is 11.5 Å². The molecule has 1 aromatic carbocycles. The van der Waals surface area contributed by atoms with Crippen molar-refractivity contribution in [2.45, 2.75) is 38.8 Å². The highest BCUT2D eigenvalue weighted by Gasteiger charge is 2.43. The van der Waals surface area contributed by atoms with Gasteiger partial charge in [0.25, 0.3) is 5.91 Å². The number of hydrogen-bond donors (Lipinski definition) is 1. The Morgan fingerprint density at radius 3 is 2.65 bits per heavy atom. The van der Waals surface area contributed by atoms with E-state index in [1.165, 1.54) is 0 Å². The van der Waals surface area contributed by atoms with E-state index < -0.39 is 5.60 Å². The van der Waals surface area contributed by atoms with Crippen LogP contribution in [-0.4, -0.2) is 67.3 Å². The summed E-state index contributed by atoms with van der Waals surface area (Å²) in [6, 6.07) is 5.64. The number of carbonyl (C=O) groups is 1. The molecule has 1 amide bonds. The number of likely N-dealkylation sites (N-methyl/N-ethyl adjacent to an activating group) is 1. The largest absolute Gasteiger partial charge is 0.493 e. The number of likely N-dealkylation sites (tertiary alicyclic amines) is 1. The van der Waals surface area contributed by atoms with E-state index in [9.17, 15) is 9.90 Å². The first kappa shape index (κ1) is 20.5. The van der Waals surface area contributed by atoms with Crippen LogP contribution in [0.1, 0.15) is 32.3 Å². The van der Waals surface area contributed by atoms with Gasteiger partial charge in [-0.1, -0.05) is 26.0 Å². The lowest BCUT2D eigenvalue weighted by atomic mass is 9.90. The van der Waals surface area contributed by atoms with Crippen LogP contribution in [0.15, 0.2) is 18.2 Å². The standard InChI is InChI=1S/C20H32N2O4/c1-15(2)12-21(3)14-20(24)10-7-11-22(19(20)23)13-16-8-6-9-17(25-4)18(16)26-5/h6,8-9,15,24H,7,10-14H2,1-5H3/t20-/m0/s1. The molecule has 1 fully saturated rings. The van der Waals surface area contributed by atoms with Crippen LogP contribution in [0, 0.1) is 5.92 Å². The Labute approximate surface area is 156 Å². The van der Waals surface area contributed by atoms with Gasteiger partial charge in [-0.2, -0.15) is 0 Å². The van der Waals surface area contributed by atoms with Crippen LogP contribution in [0.5, 0.6) is 11.5 Å². The fourth-order valence-corrected chi connectivity index (χ4v) is 3.78. The molecule has 2 rings (SSSR count). The van der Waals surface area contributed by atoms with Gasteiger partial charge in [-0.05, 0) is 31.9 Å². The van der Waals surface area contributed by atoms with E-state index in [0.717, 1.165) is 18.5 Å². The maximum atomic E-state index is 13.0. The number of ether oxygens (including phenoxy) is 2. The molecule has 0 spiro atoms. The summed E-state index contributed by atoms with van der Waals surface area (Å²) in [5.74, 6) is 1.55. The number of carbonyl (C=O) groups excluding carboxylic acids is 1. The van der Waals surface area contributed by atoms with Crippen LogP contribution in [0.25, 0.3) is 0 Å². The van der Waals surface area contributed by atoms with Gasteiger partial charge in [-0.15, -0.1) is 0 Å². The fraction of sp³-hybridized carbons (Fsp3) is 0.650. The number of nitrogens with zero attached hydrogens (tertiary/aromatic N) is 2. The molecule has 6 heteroatoms. The number of benzene rings is 1. The molecule has 6 nitrogen and oxygen atoms in total. The SMILES string of the molecule is COc1cccc(CN2CCC[C@](O)(CN(C)CC(C)C)C2=O)c1OC. The van der Waals surface area contributed by atoms with Crippen LogP contribution in [0.3, 0.4) is 0 Å². The molecule has 0 saturated carbocycles. The lowest BCUT2D eigenvalue weighted by molar-refractivity contribution is -0.160. The summed E-state index contributed by atoms with van der Waals surface area (Å²) in [6.45, 7) is 6.50. The van der Waals surface area contributed by atoms with Gasteiger partial charge in [0.2, 0.25) is 0 Å². The number of rotatable bonds is 8. The van der Waals surface area contributed by atoms with Gasteiger partial charge >= 0.3 is 0 Å². The Bertz CT molecular complexity index is 620. The first-order valence-electron chi connectivity index (χ1n) is 9.21. The minimum atomic E-state index is -1.33. The van der Waals surface area contributed by atoms with Crippen molar-refractivity contribution in [1.29, 1.82) is 0 Å². The molecule has 0 aliphatic carbocycles. The van der Waals surface area contributed by atoms with Crippen LogP contribution in [-0.2, 0) is 11.3 Å². The number of aliphatic hydroxyl groups is 1. The maximum Gasteiger partial charge on any atom is 0.256 e. The Morgan fingerprint density at radius 2 is 2.04 bits per heavy atom. The van der Waals surface area contributed by atoms with E-state index in [1.54, 1.807) is 19.1 Å². The molecule has 1 aliphatic rings. The molecule has 0 unspecified atom stereocenters. The summed E-state index contributed by atoms with van der Waals surface area (Å²) in [7, 11) is 5.14. The molecule has 146 valence electrons. The molecule has 1 saturated heterocycles. The van der Waals surface area contributed by atoms with Gasteiger partial charge in [0, 0.05) is 31.7 Å². The second-order valence-electron chi connectivity index (χ2n) is 7.61. The Balaban J connectivity index is 2.15. The van der Waals surface area contributed by atoms with Gasteiger partial charge in [-0.25, -0.2) is 0 Å². The lowest BCUT2D eigenvalue weighted by Crippen LogP contribution is -2.58. The predicted molar refractivity (Wildman–Crippen MR) is 101 cm³/mol. The third-order valence-electron chi connectivity index (χ3n) is 4.76. The zero-order valence-corrected chi connectivity index (χ0v) is 16.6. The maximum absolute atomic E-state index is 13.0. The average Bonchev–Trinajstić information content (AvgIpc) is 2.57. The zero-order chi connectivity index (χ0) is 19.3. The lowest BCUT2D eigenvalue weighted by Gasteiger charge is -2.40. The van der Waals surface area contributed by atoms with Crippen molar-refractivity contribution >= 4 is 5.91 Å². The van der Waals surface area contributed by atoms with Crippen LogP contribution in [0.2, 0.25) is 0 Å². The predicted octanol–water partition coefficient (Wildman–Crippen LogP) is 2.15. The molecule has 26 heavy (non-hydrogen) atoms. The smallest absolute Gasteiger partial charge is 0.256 e. The summed E-state index contributed by atoms with van der Waals surface area (Å²) in [4.78, 5) is 16.8. The molecule has 1 heterocycles. The Hall–Kier alpha value is -1.79. The number of hydrogen-bond acceptors (Lipinski definition) is 5. The second-order valence-corrected chi connectivity index (χ2v) is 7.61. The minimum Gasteiger partial charge on any atom is -0.493 e. The van der Waals surface area contributed by atoms with Crippen molar-refractivity contribution in [2.24, 2.45) is 5.92 Å².